The zero-order valence-corrected chi connectivity index (χ0v) is 12.9. The van der Waals surface area contributed by atoms with E-state index in [1.54, 1.807) is 0 Å². The van der Waals surface area contributed by atoms with Crippen molar-refractivity contribution in [3.8, 4) is 0 Å². The van der Waals surface area contributed by atoms with E-state index < -0.39 is 0 Å². The second-order valence-corrected chi connectivity index (χ2v) is 5.43. The number of hydrogen-bond acceptors (Lipinski definition) is 2. The van der Waals surface area contributed by atoms with Crippen LogP contribution in [-0.2, 0) is 4.79 Å². The molecular formula is C18H23NO2. The molecule has 3 heteroatoms. The highest BCUT2D eigenvalue weighted by molar-refractivity contribution is 5.83. The van der Waals surface area contributed by atoms with Gasteiger partial charge in [0.05, 0.1) is 12.0 Å². The maximum Gasteiger partial charge on any atom is 0.228 e. The molecule has 0 saturated heterocycles. The van der Waals surface area contributed by atoms with Gasteiger partial charge in [-0.25, -0.2) is 0 Å². The number of hydrogen-bond donors (Lipinski definition) is 1. The Morgan fingerprint density at radius 1 is 1.19 bits per heavy atom. The number of carbonyl (C=O) groups is 1. The molecule has 3 nitrogen and oxygen atoms in total. The minimum Gasteiger partial charge on any atom is -0.464 e. The van der Waals surface area contributed by atoms with Crippen LogP contribution in [0.2, 0.25) is 0 Å². The number of amides is 1. The molecule has 2 rings (SSSR count). The molecule has 1 amide bonds. The summed E-state index contributed by atoms with van der Waals surface area (Å²) in [7, 11) is 0. The highest BCUT2D eigenvalue weighted by Crippen LogP contribution is 2.23. The molecule has 0 bridgehead atoms. The summed E-state index contributed by atoms with van der Waals surface area (Å²) in [6, 6.07) is 13.7. The average Bonchev–Trinajstić information content (AvgIpc) is 2.92. The van der Waals surface area contributed by atoms with Crippen LogP contribution in [0.25, 0.3) is 0 Å². The van der Waals surface area contributed by atoms with Crippen molar-refractivity contribution in [2.24, 2.45) is 0 Å². The SMILES string of the molecule is CCCC(C(=O)NC(C)c1ccc(C)o1)c1ccccc1. The van der Waals surface area contributed by atoms with Gasteiger partial charge in [0.25, 0.3) is 0 Å². The maximum atomic E-state index is 12.6. The van der Waals surface area contributed by atoms with Gasteiger partial charge in [0.1, 0.15) is 11.5 Å². The van der Waals surface area contributed by atoms with E-state index in [-0.39, 0.29) is 17.9 Å². The van der Waals surface area contributed by atoms with Crippen LogP contribution in [0, 0.1) is 6.92 Å². The first kappa shape index (κ1) is 15.4. The predicted octanol–water partition coefficient (Wildman–Crippen LogP) is 4.35. The molecule has 1 aromatic carbocycles. The van der Waals surface area contributed by atoms with Crippen LogP contribution in [0.3, 0.4) is 0 Å². The normalized spacial score (nSPS) is 13.7. The Morgan fingerprint density at radius 3 is 2.48 bits per heavy atom. The Kier molecular flexibility index (Phi) is 5.20. The average molecular weight is 285 g/mol. The number of nitrogens with one attached hydrogen (secondary N) is 1. The number of benzene rings is 1. The summed E-state index contributed by atoms with van der Waals surface area (Å²) < 4.78 is 5.58. The van der Waals surface area contributed by atoms with Gasteiger partial charge in [0, 0.05) is 0 Å². The lowest BCUT2D eigenvalue weighted by molar-refractivity contribution is -0.123. The number of carbonyl (C=O) groups excluding carboxylic acids is 1. The monoisotopic (exact) mass is 285 g/mol. The van der Waals surface area contributed by atoms with Gasteiger partial charge in [-0.3, -0.25) is 4.79 Å². The zero-order valence-electron chi connectivity index (χ0n) is 12.9. The lowest BCUT2D eigenvalue weighted by atomic mass is 9.93. The Labute approximate surface area is 126 Å². The summed E-state index contributed by atoms with van der Waals surface area (Å²) in [6.45, 7) is 5.95. The highest BCUT2D eigenvalue weighted by atomic mass is 16.3. The Morgan fingerprint density at radius 2 is 1.90 bits per heavy atom. The van der Waals surface area contributed by atoms with Crippen molar-refractivity contribution in [2.75, 3.05) is 0 Å². The summed E-state index contributed by atoms with van der Waals surface area (Å²) in [6.07, 6.45) is 1.82. The van der Waals surface area contributed by atoms with Crippen molar-refractivity contribution in [2.45, 2.75) is 45.6 Å². The van der Waals surface area contributed by atoms with Gasteiger partial charge in [0.15, 0.2) is 0 Å². The molecule has 0 saturated carbocycles. The van der Waals surface area contributed by atoms with Crippen molar-refractivity contribution in [3.05, 3.63) is 59.5 Å². The fourth-order valence-electron chi connectivity index (χ4n) is 2.49. The number of rotatable bonds is 6. The third-order valence-electron chi connectivity index (χ3n) is 3.64. The molecule has 2 unspecified atom stereocenters. The van der Waals surface area contributed by atoms with Crippen molar-refractivity contribution in [3.63, 3.8) is 0 Å². The molecule has 21 heavy (non-hydrogen) atoms. The number of furan rings is 1. The Hall–Kier alpha value is -2.03. The molecule has 1 aromatic heterocycles. The molecule has 0 fully saturated rings. The van der Waals surface area contributed by atoms with Crippen LogP contribution in [0.5, 0.6) is 0 Å². The minimum absolute atomic E-state index is 0.0598. The van der Waals surface area contributed by atoms with Crippen LogP contribution >= 0.6 is 0 Å². The first-order chi connectivity index (χ1) is 10.1. The van der Waals surface area contributed by atoms with E-state index in [1.807, 2.05) is 56.3 Å². The van der Waals surface area contributed by atoms with Crippen LogP contribution in [-0.4, -0.2) is 5.91 Å². The van der Waals surface area contributed by atoms with Crippen LogP contribution in [0.4, 0.5) is 0 Å². The van der Waals surface area contributed by atoms with E-state index in [1.165, 1.54) is 0 Å². The largest absolute Gasteiger partial charge is 0.464 e. The molecule has 0 aliphatic rings. The lowest BCUT2D eigenvalue weighted by Gasteiger charge is -2.19. The van der Waals surface area contributed by atoms with E-state index >= 15 is 0 Å². The van der Waals surface area contributed by atoms with E-state index in [0.29, 0.717) is 0 Å². The second-order valence-electron chi connectivity index (χ2n) is 5.43. The maximum absolute atomic E-state index is 12.6. The molecule has 0 spiro atoms. The van der Waals surface area contributed by atoms with Crippen LogP contribution < -0.4 is 5.32 Å². The quantitative estimate of drug-likeness (QED) is 0.857. The zero-order chi connectivity index (χ0) is 15.2. The third kappa shape index (κ3) is 3.97. The smallest absolute Gasteiger partial charge is 0.228 e. The van der Waals surface area contributed by atoms with Crippen LogP contribution in [0.1, 0.15) is 55.7 Å². The second kappa shape index (κ2) is 7.11. The van der Waals surface area contributed by atoms with E-state index in [4.69, 9.17) is 4.42 Å². The Bertz CT molecular complexity index is 574. The molecule has 0 aliphatic carbocycles. The minimum atomic E-state index is -0.116. The summed E-state index contributed by atoms with van der Waals surface area (Å²) in [5.41, 5.74) is 1.07. The molecule has 2 aromatic rings. The fraction of sp³-hybridized carbons (Fsp3) is 0.389. The summed E-state index contributed by atoms with van der Waals surface area (Å²) >= 11 is 0. The summed E-state index contributed by atoms with van der Waals surface area (Å²) in [5.74, 6) is 1.61. The van der Waals surface area contributed by atoms with Gasteiger partial charge in [-0.2, -0.15) is 0 Å². The van der Waals surface area contributed by atoms with Crippen molar-refractivity contribution in [1.29, 1.82) is 0 Å². The van der Waals surface area contributed by atoms with Gasteiger partial charge < -0.3 is 9.73 Å². The fourth-order valence-corrected chi connectivity index (χ4v) is 2.49. The van der Waals surface area contributed by atoms with Crippen molar-refractivity contribution >= 4 is 5.91 Å². The molecule has 2 atom stereocenters. The molecule has 0 radical (unpaired) electrons. The first-order valence-corrected chi connectivity index (χ1v) is 7.53. The topological polar surface area (TPSA) is 42.2 Å². The van der Waals surface area contributed by atoms with Crippen molar-refractivity contribution < 1.29 is 9.21 Å². The molecule has 0 aliphatic heterocycles. The predicted molar refractivity (Wildman–Crippen MR) is 84.1 cm³/mol. The molecule has 112 valence electrons. The van der Waals surface area contributed by atoms with E-state index in [0.717, 1.165) is 29.9 Å². The van der Waals surface area contributed by atoms with Gasteiger partial charge in [-0.1, -0.05) is 43.7 Å². The number of aryl methyl sites for hydroxylation is 1. The standard InChI is InChI=1S/C18H23NO2/c1-4-8-16(15-9-6-5-7-10-15)18(20)19-14(3)17-12-11-13(2)21-17/h5-7,9-12,14,16H,4,8H2,1-3H3,(H,19,20). The third-order valence-corrected chi connectivity index (χ3v) is 3.64. The highest BCUT2D eigenvalue weighted by Gasteiger charge is 2.22. The van der Waals surface area contributed by atoms with Gasteiger partial charge in [-0.05, 0) is 38.0 Å². The van der Waals surface area contributed by atoms with E-state index in [9.17, 15) is 4.79 Å². The van der Waals surface area contributed by atoms with Gasteiger partial charge in [0.2, 0.25) is 5.91 Å². The van der Waals surface area contributed by atoms with Crippen LogP contribution in [0.15, 0.2) is 46.9 Å². The van der Waals surface area contributed by atoms with Gasteiger partial charge >= 0.3 is 0 Å². The molecular weight excluding hydrogens is 262 g/mol. The summed E-state index contributed by atoms with van der Waals surface area (Å²) in [5, 5.41) is 3.06. The lowest BCUT2D eigenvalue weighted by Crippen LogP contribution is -2.31. The molecule has 1 heterocycles. The first-order valence-electron chi connectivity index (χ1n) is 7.53. The summed E-state index contributed by atoms with van der Waals surface area (Å²) in [4.78, 5) is 12.6. The van der Waals surface area contributed by atoms with Crippen molar-refractivity contribution in [1.82, 2.24) is 5.32 Å². The van der Waals surface area contributed by atoms with E-state index in [2.05, 4.69) is 12.2 Å². The molecule has 1 N–H and O–H groups in total. The Balaban J connectivity index is 2.08. The van der Waals surface area contributed by atoms with Gasteiger partial charge in [-0.15, -0.1) is 0 Å².